The molecule has 35 heavy (non-hydrogen) atoms. The molecule has 0 aliphatic carbocycles. The second-order valence-electron chi connectivity index (χ2n) is 7.91. The van der Waals surface area contributed by atoms with E-state index in [1.54, 1.807) is 54.6 Å². The Morgan fingerprint density at radius 2 is 1.66 bits per heavy atom. The molecule has 1 N–H and O–H groups in total. The van der Waals surface area contributed by atoms with Gasteiger partial charge in [-0.2, -0.15) is 0 Å². The highest BCUT2D eigenvalue weighted by molar-refractivity contribution is 6.22. The van der Waals surface area contributed by atoms with E-state index in [4.69, 9.17) is 9.47 Å². The summed E-state index contributed by atoms with van der Waals surface area (Å²) in [7, 11) is 3.02. The smallest absolute Gasteiger partial charge is 0.332 e. The van der Waals surface area contributed by atoms with Gasteiger partial charge in [0.25, 0.3) is 5.91 Å². The Labute approximate surface area is 201 Å². The van der Waals surface area contributed by atoms with Gasteiger partial charge in [0.15, 0.2) is 0 Å². The maximum Gasteiger partial charge on any atom is 0.332 e. The summed E-state index contributed by atoms with van der Waals surface area (Å²) < 4.78 is 24.1. The topological polar surface area (TPSA) is 88.2 Å². The highest BCUT2D eigenvalue weighted by Gasteiger charge is 2.46. The first kappa shape index (κ1) is 23.7. The van der Waals surface area contributed by atoms with E-state index in [9.17, 15) is 18.8 Å². The van der Waals surface area contributed by atoms with Crippen LogP contribution in [0, 0.1) is 5.82 Å². The molecule has 0 bridgehead atoms. The molecule has 9 heteroatoms. The third-order valence-corrected chi connectivity index (χ3v) is 5.62. The predicted molar refractivity (Wildman–Crippen MR) is 128 cm³/mol. The highest BCUT2D eigenvalue weighted by atomic mass is 19.1. The molecule has 180 valence electrons. The minimum Gasteiger partial charge on any atom is -0.497 e. The van der Waals surface area contributed by atoms with Crippen LogP contribution in [-0.4, -0.2) is 43.0 Å². The number of ether oxygens (including phenoxy) is 2. The molecular formula is C26H24FN3O5. The first-order valence-corrected chi connectivity index (χ1v) is 10.9. The number of hydrogen-bond donors (Lipinski definition) is 1. The lowest BCUT2D eigenvalue weighted by Crippen LogP contribution is -2.37. The second kappa shape index (κ2) is 10.3. The minimum absolute atomic E-state index is 0.0384. The Morgan fingerprint density at radius 3 is 2.34 bits per heavy atom. The number of carbonyl (C=O) groups excluding carboxylic acids is 3. The lowest BCUT2D eigenvalue weighted by molar-refractivity contribution is -0.124. The van der Waals surface area contributed by atoms with Gasteiger partial charge in [0, 0.05) is 18.3 Å². The first-order valence-electron chi connectivity index (χ1n) is 10.9. The van der Waals surface area contributed by atoms with E-state index in [0.717, 1.165) is 4.90 Å². The van der Waals surface area contributed by atoms with Gasteiger partial charge in [0.05, 0.1) is 26.3 Å². The van der Waals surface area contributed by atoms with Crippen LogP contribution in [0.2, 0.25) is 0 Å². The third kappa shape index (κ3) is 5.24. The van der Waals surface area contributed by atoms with E-state index in [1.165, 1.54) is 37.3 Å². The Bertz CT molecular complexity index is 1250. The summed E-state index contributed by atoms with van der Waals surface area (Å²) in [6, 6.07) is 17.4. The average molecular weight is 477 g/mol. The highest BCUT2D eigenvalue weighted by Crippen LogP contribution is 2.30. The van der Waals surface area contributed by atoms with Crippen LogP contribution in [0.5, 0.6) is 11.5 Å². The quantitative estimate of drug-likeness (QED) is 0.491. The molecular weight excluding hydrogens is 453 g/mol. The SMILES string of the molecule is COc1ccc(NC(=O)CC2C(=O)N(c3cccc(OC)c3)C(=O)N2Cc2cccc(F)c2)cc1. The van der Waals surface area contributed by atoms with Crippen LogP contribution in [0.15, 0.2) is 72.8 Å². The summed E-state index contributed by atoms with van der Waals surface area (Å²) >= 11 is 0. The van der Waals surface area contributed by atoms with Crippen molar-refractivity contribution in [3.05, 3.63) is 84.2 Å². The summed E-state index contributed by atoms with van der Waals surface area (Å²) in [5.74, 6) is -0.350. The second-order valence-corrected chi connectivity index (χ2v) is 7.91. The van der Waals surface area contributed by atoms with Crippen LogP contribution < -0.4 is 19.7 Å². The number of benzene rings is 3. The predicted octanol–water partition coefficient (Wildman–Crippen LogP) is 4.21. The van der Waals surface area contributed by atoms with Gasteiger partial charge in [-0.15, -0.1) is 0 Å². The maximum atomic E-state index is 13.8. The van der Waals surface area contributed by atoms with E-state index in [-0.39, 0.29) is 13.0 Å². The summed E-state index contributed by atoms with van der Waals surface area (Å²) in [6.07, 6.45) is -0.271. The molecule has 1 heterocycles. The van der Waals surface area contributed by atoms with Crippen LogP contribution >= 0.6 is 0 Å². The van der Waals surface area contributed by atoms with Crippen molar-refractivity contribution in [2.75, 3.05) is 24.4 Å². The molecule has 1 fully saturated rings. The number of nitrogens with one attached hydrogen (secondary N) is 1. The van der Waals surface area contributed by atoms with Crippen molar-refractivity contribution in [3.63, 3.8) is 0 Å². The summed E-state index contributed by atoms with van der Waals surface area (Å²) in [6.45, 7) is -0.0384. The van der Waals surface area contributed by atoms with E-state index in [1.807, 2.05) is 0 Å². The molecule has 0 spiro atoms. The monoisotopic (exact) mass is 477 g/mol. The fourth-order valence-electron chi connectivity index (χ4n) is 3.89. The van der Waals surface area contributed by atoms with Crippen LogP contribution in [0.4, 0.5) is 20.6 Å². The number of rotatable bonds is 8. The number of imide groups is 1. The Morgan fingerprint density at radius 1 is 0.943 bits per heavy atom. The van der Waals surface area contributed by atoms with Crippen molar-refractivity contribution in [1.82, 2.24) is 4.90 Å². The zero-order valence-electron chi connectivity index (χ0n) is 19.2. The molecule has 3 aromatic rings. The number of anilines is 2. The third-order valence-electron chi connectivity index (χ3n) is 5.62. The molecule has 8 nitrogen and oxygen atoms in total. The van der Waals surface area contributed by atoms with Crippen molar-refractivity contribution >= 4 is 29.2 Å². The van der Waals surface area contributed by atoms with Crippen molar-refractivity contribution in [1.29, 1.82) is 0 Å². The Kier molecular flexibility index (Phi) is 6.96. The van der Waals surface area contributed by atoms with Crippen LogP contribution in [0.1, 0.15) is 12.0 Å². The summed E-state index contributed by atoms with van der Waals surface area (Å²) in [4.78, 5) is 41.9. The lowest BCUT2D eigenvalue weighted by Gasteiger charge is -2.21. The molecule has 0 saturated carbocycles. The number of nitrogens with zero attached hydrogens (tertiary/aromatic N) is 2. The molecule has 1 aliphatic rings. The zero-order valence-corrected chi connectivity index (χ0v) is 19.2. The fraction of sp³-hybridized carbons (Fsp3) is 0.192. The standard InChI is InChI=1S/C26H24FN3O5/c1-34-21-11-9-19(10-12-21)28-24(31)15-23-25(32)30(20-7-4-8-22(14-20)35-2)26(33)29(23)16-17-5-3-6-18(27)13-17/h3-14,23H,15-16H2,1-2H3,(H,28,31). The molecule has 1 aliphatic heterocycles. The molecule has 1 saturated heterocycles. The van der Waals surface area contributed by atoms with Gasteiger partial charge < -0.3 is 19.7 Å². The molecule has 1 atom stereocenters. The Balaban J connectivity index is 1.60. The number of urea groups is 1. The zero-order chi connectivity index (χ0) is 24.9. The lowest BCUT2D eigenvalue weighted by atomic mass is 10.1. The largest absolute Gasteiger partial charge is 0.497 e. The van der Waals surface area contributed by atoms with Crippen LogP contribution in [0.25, 0.3) is 0 Å². The molecule has 4 amide bonds. The Hall–Kier alpha value is -4.40. The fourth-order valence-corrected chi connectivity index (χ4v) is 3.89. The van der Waals surface area contributed by atoms with E-state index >= 15 is 0 Å². The summed E-state index contributed by atoms with van der Waals surface area (Å²) in [5.41, 5.74) is 1.34. The van der Waals surface area contributed by atoms with Gasteiger partial charge in [0.2, 0.25) is 5.91 Å². The molecule has 0 aromatic heterocycles. The van der Waals surface area contributed by atoms with Crippen molar-refractivity contribution in [2.45, 2.75) is 19.0 Å². The molecule has 1 unspecified atom stereocenters. The minimum atomic E-state index is -1.07. The molecule has 4 rings (SSSR count). The van der Waals surface area contributed by atoms with E-state index in [2.05, 4.69) is 5.32 Å². The number of methoxy groups -OCH3 is 2. The van der Waals surface area contributed by atoms with Gasteiger partial charge in [-0.3, -0.25) is 9.59 Å². The molecule has 3 aromatic carbocycles. The average Bonchev–Trinajstić information content (AvgIpc) is 3.08. The van der Waals surface area contributed by atoms with Gasteiger partial charge in [0.1, 0.15) is 23.4 Å². The van der Waals surface area contributed by atoms with Crippen molar-refractivity contribution in [2.24, 2.45) is 0 Å². The maximum absolute atomic E-state index is 13.8. The number of hydrogen-bond acceptors (Lipinski definition) is 5. The van der Waals surface area contributed by atoms with Gasteiger partial charge >= 0.3 is 6.03 Å². The molecule has 0 radical (unpaired) electrons. The summed E-state index contributed by atoms with van der Waals surface area (Å²) in [5, 5.41) is 2.74. The number of carbonyl (C=O) groups is 3. The normalized spacial score (nSPS) is 15.3. The van der Waals surface area contributed by atoms with Gasteiger partial charge in [-0.05, 0) is 54.1 Å². The van der Waals surface area contributed by atoms with Gasteiger partial charge in [-0.1, -0.05) is 18.2 Å². The van der Waals surface area contributed by atoms with Gasteiger partial charge in [-0.25, -0.2) is 14.1 Å². The van der Waals surface area contributed by atoms with E-state index < -0.39 is 29.7 Å². The van der Waals surface area contributed by atoms with E-state index in [0.29, 0.717) is 28.4 Å². The first-order chi connectivity index (χ1) is 16.9. The van der Waals surface area contributed by atoms with Crippen LogP contribution in [0.3, 0.4) is 0 Å². The van der Waals surface area contributed by atoms with Crippen molar-refractivity contribution in [3.8, 4) is 11.5 Å². The van der Waals surface area contributed by atoms with Crippen molar-refractivity contribution < 1.29 is 28.2 Å². The number of amides is 4. The van der Waals surface area contributed by atoms with Crippen LogP contribution in [-0.2, 0) is 16.1 Å². The number of halogens is 1.